The summed E-state index contributed by atoms with van der Waals surface area (Å²) in [5, 5.41) is 5.07. The maximum atomic E-state index is 12.3. The van der Waals surface area contributed by atoms with Gasteiger partial charge in [-0.25, -0.2) is 4.98 Å². The molecule has 0 radical (unpaired) electrons. The molecular weight excluding hydrogens is 418 g/mol. The van der Waals surface area contributed by atoms with E-state index in [1.165, 1.54) is 18.3 Å². The highest BCUT2D eigenvalue weighted by Gasteiger charge is 2.24. The number of aryl methyl sites for hydroxylation is 1. The van der Waals surface area contributed by atoms with Gasteiger partial charge in [-0.15, -0.1) is 11.3 Å². The summed E-state index contributed by atoms with van der Waals surface area (Å²) in [7, 11) is 0. The van der Waals surface area contributed by atoms with Gasteiger partial charge < -0.3 is 10.1 Å². The molecule has 2 aromatic rings. The third-order valence-corrected chi connectivity index (χ3v) is 5.74. The van der Waals surface area contributed by atoms with Crippen LogP contribution in [0.1, 0.15) is 47.8 Å². The van der Waals surface area contributed by atoms with Gasteiger partial charge in [0.1, 0.15) is 0 Å². The predicted molar refractivity (Wildman–Crippen MR) is 116 cm³/mol. The minimum atomic E-state index is -0.535. The molecule has 31 heavy (non-hydrogen) atoms. The normalized spacial score (nSPS) is 13.3. The summed E-state index contributed by atoms with van der Waals surface area (Å²) in [5.74, 6) is -0.812. The number of esters is 1. The molecule has 0 aliphatic carbocycles. The maximum absolute atomic E-state index is 12.3. The first-order valence-electron chi connectivity index (χ1n) is 10.2. The van der Waals surface area contributed by atoms with Gasteiger partial charge in [0.15, 0.2) is 17.5 Å². The molecule has 0 spiro atoms. The number of Topliss-reactive ketones (excluding diaryl/α,β-unsaturated/α-hetero) is 1. The first-order chi connectivity index (χ1) is 14.9. The number of hydrogen-bond acceptors (Lipinski definition) is 7. The van der Waals surface area contributed by atoms with Crippen molar-refractivity contribution in [1.82, 2.24) is 10.3 Å². The molecule has 1 aromatic carbocycles. The number of ketones is 1. The van der Waals surface area contributed by atoms with Crippen LogP contribution in [0.5, 0.6) is 0 Å². The lowest BCUT2D eigenvalue weighted by Crippen LogP contribution is -2.23. The third-order valence-electron chi connectivity index (χ3n) is 4.83. The van der Waals surface area contributed by atoms with E-state index in [0.29, 0.717) is 35.9 Å². The average Bonchev–Trinajstić information content (AvgIpc) is 3.38. The van der Waals surface area contributed by atoms with Crippen molar-refractivity contribution in [1.29, 1.82) is 0 Å². The van der Waals surface area contributed by atoms with Gasteiger partial charge in [-0.05, 0) is 24.8 Å². The van der Waals surface area contributed by atoms with E-state index in [9.17, 15) is 19.2 Å². The van der Waals surface area contributed by atoms with Gasteiger partial charge in [0.25, 0.3) is 0 Å². The van der Waals surface area contributed by atoms with Crippen molar-refractivity contribution in [2.45, 2.75) is 39.0 Å². The van der Waals surface area contributed by atoms with E-state index in [1.54, 1.807) is 22.4 Å². The molecule has 2 heterocycles. The van der Waals surface area contributed by atoms with Crippen LogP contribution in [0.4, 0.5) is 5.13 Å². The number of anilines is 1. The fraction of sp³-hybridized carbons (Fsp3) is 0.409. The van der Waals surface area contributed by atoms with Crippen LogP contribution in [0.25, 0.3) is 0 Å². The van der Waals surface area contributed by atoms with Gasteiger partial charge in [-0.2, -0.15) is 0 Å². The van der Waals surface area contributed by atoms with E-state index in [2.05, 4.69) is 10.3 Å². The van der Waals surface area contributed by atoms with Crippen LogP contribution < -0.4 is 10.2 Å². The van der Waals surface area contributed by atoms with Crippen LogP contribution >= 0.6 is 11.3 Å². The molecule has 0 atom stereocenters. The van der Waals surface area contributed by atoms with Gasteiger partial charge in [-0.3, -0.25) is 24.1 Å². The Labute approximate surface area is 184 Å². The zero-order valence-electron chi connectivity index (χ0n) is 17.4. The fourth-order valence-corrected chi connectivity index (χ4v) is 4.06. The smallest absolute Gasteiger partial charge is 0.312 e. The van der Waals surface area contributed by atoms with Crippen molar-refractivity contribution in [3.63, 3.8) is 0 Å². The van der Waals surface area contributed by atoms with Crippen LogP contribution in [-0.4, -0.2) is 48.2 Å². The van der Waals surface area contributed by atoms with Crippen molar-refractivity contribution >= 4 is 40.0 Å². The van der Waals surface area contributed by atoms with Crippen LogP contribution in [0, 0.1) is 0 Å². The molecule has 8 nitrogen and oxygen atoms in total. The Morgan fingerprint density at radius 2 is 2.00 bits per heavy atom. The number of ether oxygens (including phenoxy) is 1. The van der Waals surface area contributed by atoms with Crippen molar-refractivity contribution in [2.75, 3.05) is 24.6 Å². The Kier molecular flexibility index (Phi) is 7.88. The second-order valence-corrected chi connectivity index (χ2v) is 8.15. The molecule has 1 N–H and O–H groups in total. The third kappa shape index (κ3) is 6.71. The molecule has 1 fully saturated rings. The molecule has 164 valence electrons. The number of carbonyl (C=O) groups excluding carboxylic acids is 4. The molecule has 9 heteroatoms. The molecule has 0 unspecified atom stereocenters. The first kappa shape index (κ1) is 22.6. The lowest BCUT2D eigenvalue weighted by Gasteiger charge is -2.10. The van der Waals surface area contributed by atoms with Gasteiger partial charge in [0.05, 0.1) is 12.1 Å². The van der Waals surface area contributed by atoms with Gasteiger partial charge in [-0.1, -0.05) is 24.3 Å². The minimum Gasteiger partial charge on any atom is -0.457 e. The zero-order valence-corrected chi connectivity index (χ0v) is 18.2. The molecule has 1 saturated heterocycles. The van der Waals surface area contributed by atoms with E-state index in [4.69, 9.17) is 4.74 Å². The molecule has 1 aliphatic heterocycles. The Balaban J connectivity index is 1.42. The van der Waals surface area contributed by atoms with E-state index in [-0.39, 0.29) is 30.6 Å². The van der Waals surface area contributed by atoms with Crippen LogP contribution in [0.3, 0.4) is 0 Å². The highest BCUT2D eigenvalue weighted by Crippen LogP contribution is 2.25. The number of rotatable bonds is 10. The van der Waals surface area contributed by atoms with E-state index in [0.717, 1.165) is 24.8 Å². The Hall–Kier alpha value is -3.07. The summed E-state index contributed by atoms with van der Waals surface area (Å²) < 4.78 is 5.11. The lowest BCUT2D eigenvalue weighted by atomic mass is 10.1. The number of nitrogens with zero attached hydrogens (tertiary/aromatic N) is 2. The summed E-state index contributed by atoms with van der Waals surface area (Å²) in [5.41, 5.74) is 2.07. The Morgan fingerprint density at radius 3 is 2.68 bits per heavy atom. The average molecular weight is 444 g/mol. The molecule has 1 aliphatic rings. The SMILES string of the molecule is CC(=O)NCCCc1ccc(C(=O)COC(=O)Cc2csc(N3CCCC3=O)n2)cc1. The number of benzene rings is 1. The molecule has 1 aromatic heterocycles. The highest BCUT2D eigenvalue weighted by molar-refractivity contribution is 7.14. The fourth-order valence-electron chi connectivity index (χ4n) is 3.19. The Morgan fingerprint density at radius 1 is 1.23 bits per heavy atom. The van der Waals surface area contributed by atoms with Crippen LogP contribution in [-0.2, 0) is 32.0 Å². The Bertz CT molecular complexity index is 954. The molecule has 0 bridgehead atoms. The maximum Gasteiger partial charge on any atom is 0.312 e. The summed E-state index contributed by atoms with van der Waals surface area (Å²) >= 11 is 1.32. The van der Waals surface area contributed by atoms with Gasteiger partial charge in [0, 0.05) is 37.4 Å². The van der Waals surface area contributed by atoms with Crippen molar-refractivity contribution in [3.8, 4) is 0 Å². The highest BCUT2D eigenvalue weighted by atomic mass is 32.1. The largest absolute Gasteiger partial charge is 0.457 e. The van der Waals surface area contributed by atoms with E-state index < -0.39 is 5.97 Å². The topological polar surface area (TPSA) is 106 Å². The summed E-state index contributed by atoms with van der Waals surface area (Å²) in [6.07, 6.45) is 2.91. The number of carbonyl (C=O) groups is 4. The number of nitrogens with one attached hydrogen (secondary N) is 1. The minimum absolute atomic E-state index is 0.0426. The number of hydrogen-bond donors (Lipinski definition) is 1. The molecule has 2 amide bonds. The van der Waals surface area contributed by atoms with Crippen molar-refractivity contribution < 1.29 is 23.9 Å². The van der Waals surface area contributed by atoms with E-state index >= 15 is 0 Å². The molecular formula is C22H25N3O5S. The van der Waals surface area contributed by atoms with Crippen LogP contribution in [0.2, 0.25) is 0 Å². The van der Waals surface area contributed by atoms with E-state index in [1.807, 2.05) is 12.1 Å². The molecule has 0 saturated carbocycles. The summed E-state index contributed by atoms with van der Waals surface area (Å²) in [6.45, 7) is 2.42. The standard InChI is InChI=1S/C22H25N3O5S/c1-15(26)23-10-2-4-16-6-8-17(9-7-16)19(27)13-30-21(29)12-18-14-31-22(24-18)25-11-3-5-20(25)28/h6-9,14H,2-5,10-13H2,1H3,(H,23,26). The second-order valence-electron chi connectivity index (χ2n) is 7.31. The van der Waals surface area contributed by atoms with Crippen LogP contribution in [0.15, 0.2) is 29.6 Å². The first-order valence-corrected chi connectivity index (χ1v) is 11.1. The zero-order chi connectivity index (χ0) is 22.2. The summed E-state index contributed by atoms with van der Waals surface area (Å²) in [6, 6.07) is 7.14. The van der Waals surface area contributed by atoms with Gasteiger partial charge >= 0.3 is 5.97 Å². The predicted octanol–water partition coefficient (Wildman–Crippen LogP) is 2.31. The van der Waals surface area contributed by atoms with Crippen molar-refractivity contribution in [2.24, 2.45) is 0 Å². The monoisotopic (exact) mass is 443 g/mol. The number of thiazole rings is 1. The summed E-state index contributed by atoms with van der Waals surface area (Å²) in [4.78, 5) is 52.9. The molecule has 3 rings (SSSR count). The second kappa shape index (κ2) is 10.8. The lowest BCUT2D eigenvalue weighted by molar-refractivity contribution is -0.141. The van der Waals surface area contributed by atoms with Gasteiger partial charge in [0.2, 0.25) is 11.8 Å². The number of amides is 2. The van der Waals surface area contributed by atoms with Crippen molar-refractivity contribution in [3.05, 3.63) is 46.5 Å². The quantitative estimate of drug-likeness (QED) is 0.343. The number of aromatic nitrogens is 1.